The number of hydrogen-bond acceptors (Lipinski definition) is 4. The molecule has 0 radical (unpaired) electrons. The number of piperazine rings is 1. The van der Waals surface area contributed by atoms with Gasteiger partial charge in [0.05, 0.1) is 5.69 Å². The summed E-state index contributed by atoms with van der Waals surface area (Å²) in [5.41, 5.74) is 0.697. The van der Waals surface area contributed by atoms with Gasteiger partial charge in [-0.15, -0.1) is 0 Å². The highest BCUT2D eigenvalue weighted by Gasteiger charge is 2.18. The van der Waals surface area contributed by atoms with Crippen molar-refractivity contribution in [2.75, 3.05) is 71.4 Å². The maximum atomic E-state index is 13.9. The van der Waals surface area contributed by atoms with E-state index < -0.39 is 0 Å². The number of anilines is 1. The smallest absolute Gasteiger partial charge is 0.243 e. The SMILES string of the molecule is CCNC(=NCC(=O)N(C)C)NCCCN1CCN(c2ccccc2F)CC1. The molecule has 0 atom stereocenters. The molecular weight excluding hydrogens is 359 g/mol. The number of halogens is 1. The van der Waals surface area contributed by atoms with Crippen LogP contribution in [0, 0.1) is 5.82 Å². The van der Waals surface area contributed by atoms with Crippen molar-refractivity contribution in [3.63, 3.8) is 0 Å². The minimum absolute atomic E-state index is 0.0232. The van der Waals surface area contributed by atoms with Gasteiger partial charge in [0.15, 0.2) is 5.96 Å². The number of likely N-dealkylation sites (N-methyl/N-ethyl adjacent to an activating group) is 1. The minimum Gasteiger partial charge on any atom is -0.367 e. The second-order valence-corrected chi connectivity index (χ2v) is 7.04. The standard InChI is InChI=1S/C20H33FN6O/c1-4-22-20(24-16-19(28)25(2)3)23-10-7-11-26-12-14-27(15-13-26)18-9-6-5-8-17(18)21/h5-6,8-9H,4,7,10-16H2,1-3H3,(H2,22,23,24). The molecular formula is C20H33FN6O. The highest BCUT2D eigenvalue weighted by Crippen LogP contribution is 2.20. The lowest BCUT2D eigenvalue weighted by molar-refractivity contribution is -0.127. The van der Waals surface area contributed by atoms with E-state index in [2.05, 4.69) is 25.4 Å². The fourth-order valence-electron chi connectivity index (χ4n) is 3.06. The number of aliphatic imine (C=N–C) groups is 1. The highest BCUT2D eigenvalue weighted by molar-refractivity contribution is 5.84. The molecule has 1 aliphatic heterocycles. The van der Waals surface area contributed by atoms with E-state index in [-0.39, 0.29) is 18.3 Å². The molecule has 1 amide bonds. The summed E-state index contributed by atoms with van der Waals surface area (Å²) in [5, 5.41) is 6.44. The predicted octanol–water partition coefficient (Wildman–Crippen LogP) is 0.981. The van der Waals surface area contributed by atoms with Crippen molar-refractivity contribution in [2.24, 2.45) is 4.99 Å². The summed E-state index contributed by atoms with van der Waals surface area (Å²) in [6, 6.07) is 6.97. The molecule has 0 bridgehead atoms. The van der Waals surface area contributed by atoms with Crippen molar-refractivity contribution < 1.29 is 9.18 Å². The minimum atomic E-state index is -0.150. The molecule has 0 saturated carbocycles. The second-order valence-electron chi connectivity index (χ2n) is 7.04. The Morgan fingerprint density at radius 3 is 2.54 bits per heavy atom. The van der Waals surface area contributed by atoms with Crippen molar-refractivity contribution in [1.82, 2.24) is 20.4 Å². The molecule has 7 nitrogen and oxygen atoms in total. The van der Waals surface area contributed by atoms with Crippen molar-refractivity contribution in [1.29, 1.82) is 0 Å². The number of nitrogens with zero attached hydrogens (tertiary/aromatic N) is 4. The molecule has 156 valence electrons. The maximum Gasteiger partial charge on any atom is 0.243 e. The molecule has 1 aliphatic rings. The molecule has 0 spiro atoms. The average molecular weight is 393 g/mol. The van der Waals surface area contributed by atoms with Crippen molar-refractivity contribution in [3.05, 3.63) is 30.1 Å². The third-order valence-corrected chi connectivity index (χ3v) is 4.72. The third kappa shape index (κ3) is 6.99. The van der Waals surface area contributed by atoms with E-state index in [4.69, 9.17) is 0 Å². The van der Waals surface area contributed by atoms with Gasteiger partial charge in [0.1, 0.15) is 12.4 Å². The van der Waals surface area contributed by atoms with Gasteiger partial charge in [-0.2, -0.15) is 0 Å². The monoisotopic (exact) mass is 392 g/mol. The molecule has 1 fully saturated rings. The molecule has 0 unspecified atom stereocenters. The largest absolute Gasteiger partial charge is 0.367 e. The van der Waals surface area contributed by atoms with E-state index in [1.165, 1.54) is 11.0 Å². The van der Waals surface area contributed by atoms with E-state index in [1.807, 2.05) is 19.1 Å². The van der Waals surface area contributed by atoms with Crippen molar-refractivity contribution in [2.45, 2.75) is 13.3 Å². The number of carbonyl (C=O) groups is 1. The molecule has 1 aromatic carbocycles. The van der Waals surface area contributed by atoms with Crippen LogP contribution in [0.2, 0.25) is 0 Å². The van der Waals surface area contributed by atoms with Crippen LogP contribution in [0.5, 0.6) is 0 Å². The van der Waals surface area contributed by atoms with Crippen LogP contribution in [-0.2, 0) is 4.79 Å². The van der Waals surface area contributed by atoms with Crippen LogP contribution in [-0.4, -0.2) is 88.1 Å². The Morgan fingerprint density at radius 1 is 1.18 bits per heavy atom. The fourth-order valence-corrected chi connectivity index (χ4v) is 3.06. The van der Waals surface area contributed by atoms with Crippen LogP contribution in [0.4, 0.5) is 10.1 Å². The number of amides is 1. The summed E-state index contributed by atoms with van der Waals surface area (Å²) in [7, 11) is 3.45. The van der Waals surface area contributed by atoms with Crippen LogP contribution in [0.1, 0.15) is 13.3 Å². The number of carbonyl (C=O) groups excluding carboxylic acids is 1. The van der Waals surface area contributed by atoms with Gasteiger partial charge in [0, 0.05) is 53.4 Å². The lowest BCUT2D eigenvalue weighted by Crippen LogP contribution is -2.47. The number of hydrogen-bond donors (Lipinski definition) is 2. The van der Waals surface area contributed by atoms with Gasteiger partial charge in [0.25, 0.3) is 0 Å². The van der Waals surface area contributed by atoms with E-state index in [1.54, 1.807) is 20.2 Å². The number of nitrogens with one attached hydrogen (secondary N) is 2. The summed E-state index contributed by atoms with van der Waals surface area (Å²) >= 11 is 0. The van der Waals surface area contributed by atoms with Gasteiger partial charge in [-0.05, 0) is 32.0 Å². The number of para-hydroxylation sites is 1. The predicted molar refractivity (Wildman–Crippen MR) is 112 cm³/mol. The lowest BCUT2D eigenvalue weighted by Gasteiger charge is -2.36. The number of rotatable bonds is 8. The van der Waals surface area contributed by atoms with Gasteiger partial charge in [-0.3, -0.25) is 9.69 Å². The zero-order chi connectivity index (χ0) is 20.4. The van der Waals surface area contributed by atoms with E-state index >= 15 is 0 Å². The summed E-state index contributed by atoms with van der Waals surface area (Å²) in [4.78, 5) is 22.0. The first kappa shape index (κ1) is 21.9. The van der Waals surface area contributed by atoms with Crippen LogP contribution >= 0.6 is 0 Å². The van der Waals surface area contributed by atoms with Gasteiger partial charge < -0.3 is 20.4 Å². The molecule has 1 aromatic rings. The Hall–Kier alpha value is -2.35. The summed E-state index contributed by atoms with van der Waals surface area (Å²) in [6.07, 6.45) is 0.978. The summed E-state index contributed by atoms with van der Waals surface area (Å²) in [5.74, 6) is 0.495. The first-order chi connectivity index (χ1) is 13.5. The Bertz CT molecular complexity index is 643. The first-order valence-electron chi connectivity index (χ1n) is 9.95. The number of guanidine groups is 1. The quantitative estimate of drug-likeness (QED) is 0.392. The molecule has 1 heterocycles. The Kier molecular flexibility index (Phi) is 9.00. The van der Waals surface area contributed by atoms with E-state index in [9.17, 15) is 9.18 Å². The Labute approximate surface area is 167 Å². The molecule has 1 saturated heterocycles. The van der Waals surface area contributed by atoms with Gasteiger partial charge in [-0.1, -0.05) is 12.1 Å². The second kappa shape index (κ2) is 11.5. The molecule has 8 heteroatoms. The van der Waals surface area contributed by atoms with Crippen LogP contribution in [0.3, 0.4) is 0 Å². The van der Waals surface area contributed by atoms with Crippen molar-refractivity contribution in [3.8, 4) is 0 Å². The zero-order valence-electron chi connectivity index (χ0n) is 17.2. The van der Waals surface area contributed by atoms with Crippen LogP contribution in [0.15, 0.2) is 29.3 Å². The molecule has 0 aliphatic carbocycles. The molecule has 28 heavy (non-hydrogen) atoms. The van der Waals surface area contributed by atoms with Gasteiger partial charge >= 0.3 is 0 Å². The van der Waals surface area contributed by atoms with Gasteiger partial charge in [-0.25, -0.2) is 9.38 Å². The van der Waals surface area contributed by atoms with E-state index in [0.717, 1.165) is 52.2 Å². The third-order valence-electron chi connectivity index (χ3n) is 4.72. The van der Waals surface area contributed by atoms with Crippen LogP contribution < -0.4 is 15.5 Å². The van der Waals surface area contributed by atoms with Crippen molar-refractivity contribution >= 4 is 17.6 Å². The Balaban J connectivity index is 1.68. The highest BCUT2D eigenvalue weighted by atomic mass is 19.1. The average Bonchev–Trinajstić information content (AvgIpc) is 2.70. The van der Waals surface area contributed by atoms with E-state index in [0.29, 0.717) is 11.6 Å². The number of benzene rings is 1. The van der Waals surface area contributed by atoms with Crippen LogP contribution in [0.25, 0.3) is 0 Å². The molecule has 0 aromatic heterocycles. The Morgan fingerprint density at radius 2 is 1.89 bits per heavy atom. The summed E-state index contributed by atoms with van der Waals surface area (Å²) in [6.45, 7) is 8.19. The normalized spacial score (nSPS) is 15.4. The maximum absolute atomic E-state index is 13.9. The topological polar surface area (TPSA) is 63.2 Å². The van der Waals surface area contributed by atoms with Gasteiger partial charge in [0.2, 0.25) is 5.91 Å². The molecule has 2 rings (SSSR count). The lowest BCUT2D eigenvalue weighted by atomic mass is 10.2. The fraction of sp³-hybridized carbons (Fsp3) is 0.600. The molecule has 2 N–H and O–H groups in total. The zero-order valence-corrected chi connectivity index (χ0v) is 17.2. The first-order valence-corrected chi connectivity index (χ1v) is 9.95. The summed E-state index contributed by atoms with van der Waals surface area (Å²) < 4.78 is 13.9.